The standard InChI is InChI=1S/C17H12N6O4S2/c1-22-17(19-20-21-22)29-13-7-6-10(23(25)26)8-11(13)16(24)27-9-15-18-12-4-2-3-5-14(12)28-15/h2-8H,9H2,1H3. The normalized spacial score (nSPS) is 10.9. The minimum Gasteiger partial charge on any atom is -0.455 e. The number of thiazole rings is 1. The molecule has 12 heteroatoms. The van der Waals surface area contributed by atoms with E-state index in [4.69, 9.17) is 4.74 Å². The maximum absolute atomic E-state index is 12.7. The van der Waals surface area contributed by atoms with Crippen molar-refractivity contribution in [3.63, 3.8) is 0 Å². The lowest BCUT2D eigenvalue weighted by molar-refractivity contribution is -0.384. The van der Waals surface area contributed by atoms with E-state index >= 15 is 0 Å². The smallest absolute Gasteiger partial charge is 0.339 e. The van der Waals surface area contributed by atoms with Crippen LogP contribution in [0.15, 0.2) is 52.5 Å². The summed E-state index contributed by atoms with van der Waals surface area (Å²) in [6, 6.07) is 11.6. The Morgan fingerprint density at radius 3 is 2.86 bits per heavy atom. The highest BCUT2D eigenvalue weighted by Crippen LogP contribution is 2.32. The molecular weight excluding hydrogens is 416 g/mol. The number of fused-ring (bicyclic) bond motifs is 1. The van der Waals surface area contributed by atoms with E-state index in [1.807, 2.05) is 24.3 Å². The highest BCUT2D eigenvalue weighted by Gasteiger charge is 2.21. The molecule has 0 saturated carbocycles. The van der Waals surface area contributed by atoms with Crippen molar-refractivity contribution < 1.29 is 14.5 Å². The van der Waals surface area contributed by atoms with E-state index in [1.54, 1.807) is 7.05 Å². The molecule has 0 amide bonds. The molecule has 10 nitrogen and oxygen atoms in total. The van der Waals surface area contributed by atoms with Crippen molar-refractivity contribution in [1.29, 1.82) is 0 Å². The van der Waals surface area contributed by atoms with Gasteiger partial charge in [-0.15, -0.1) is 16.4 Å². The summed E-state index contributed by atoms with van der Waals surface area (Å²) in [5.41, 5.74) is 0.676. The number of hydrogen-bond acceptors (Lipinski definition) is 10. The predicted molar refractivity (Wildman–Crippen MR) is 105 cm³/mol. The Morgan fingerprint density at radius 2 is 2.14 bits per heavy atom. The summed E-state index contributed by atoms with van der Waals surface area (Å²) < 4.78 is 7.80. The molecule has 146 valence electrons. The Hall–Kier alpha value is -3.38. The summed E-state index contributed by atoms with van der Waals surface area (Å²) >= 11 is 2.53. The second-order valence-electron chi connectivity index (χ2n) is 5.78. The van der Waals surface area contributed by atoms with Crippen LogP contribution in [0.5, 0.6) is 0 Å². The van der Waals surface area contributed by atoms with Crippen molar-refractivity contribution in [2.75, 3.05) is 0 Å². The SMILES string of the molecule is Cn1nnnc1Sc1ccc([N+](=O)[O-])cc1C(=O)OCc1nc2ccccc2s1. The molecule has 0 radical (unpaired) electrons. The van der Waals surface area contributed by atoms with Crippen LogP contribution in [-0.4, -0.2) is 36.1 Å². The van der Waals surface area contributed by atoms with Crippen LogP contribution in [0.3, 0.4) is 0 Å². The van der Waals surface area contributed by atoms with E-state index in [-0.39, 0.29) is 17.9 Å². The van der Waals surface area contributed by atoms with E-state index in [1.165, 1.54) is 34.2 Å². The number of nitrogens with zero attached hydrogens (tertiary/aromatic N) is 6. The number of nitro groups is 1. The number of esters is 1. The fourth-order valence-electron chi connectivity index (χ4n) is 2.47. The van der Waals surface area contributed by atoms with Gasteiger partial charge >= 0.3 is 5.97 Å². The molecule has 0 unspecified atom stereocenters. The number of aryl methyl sites for hydroxylation is 1. The van der Waals surface area contributed by atoms with Crippen LogP contribution in [0.4, 0.5) is 5.69 Å². The average molecular weight is 428 g/mol. The number of aromatic nitrogens is 5. The van der Waals surface area contributed by atoms with Crippen molar-refractivity contribution in [3.05, 3.63) is 63.1 Å². The first-order valence-electron chi connectivity index (χ1n) is 8.21. The van der Waals surface area contributed by atoms with Gasteiger partial charge in [-0.2, -0.15) is 0 Å². The molecule has 2 heterocycles. The number of nitro benzene ring substituents is 1. The molecule has 0 aliphatic rings. The zero-order valence-electron chi connectivity index (χ0n) is 14.9. The third-order valence-corrected chi connectivity index (χ3v) is 5.96. The Bertz CT molecular complexity index is 1190. The fraction of sp³-hybridized carbons (Fsp3) is 0.118. The van der Waals surface area contributed by atoms with Gasteiger partial charge in [0, 0.05) is 24.1 Å². The first kappa shape index (κ1) is 19.0. The molecule has 2 aromatic heterocycles. The fourth-order valence-corrected chi connectivity index (χ4v) is 4.18. The second kappa shape index (κ2) is 7.93. The van der Waals surface area contributed by atoms with Gasteiger partial charge in [0.15, 0.2) is 0 Å². The van der Waals surface area contributed by atoms with Crippen molar-refractivity contribution in [1.82, 2.24) is 25.2 Å². The van der Waals surface area contributed by atoms with Crippen LogP contribution in [0.2, 0.25) is 0 Å². The second-order valence-corrected chi connectivity index (χ2v) is 7.90. The summed E-state index contributed by atoms with van der Waals surface area (Å²) in [4.78, 5) is 28.1. The summed E-state index contributed by atoms with van der Waals surface area (Å²) in [6.07, 6.45) is 0. The van der Waals surface area contributed by atoms with E-state index in [2.05, 4.69) is 20.5 Å². The van der Waals surface area contributed by atoms with Gasteiger partial charge in [0.2, 0.25) is 5.16 Å². The third kappa shape index (κ3) is 4.07. The summed E-state index contributed by atoms with van der Waals surface area (Å²) in [7, 11) is 1.65. The highest BCUT2D eigenvalue weighted by atomic mass is 32.2. The predicted octanol–water partition coefficient (Wildman–Crippen LogP) is 3.24. The monoisotopic (exact) mass is 428 g/mol. The topological polar surface area (TPSA) is 126 Å². The van der Waals surface area contributed by atoms with E-state index in [0.29, 0.717) is 15.1 Å². The molecule has 0 atom stereocenters. The van der Waals surface area contributed by atoms with Gasteiger partial charge in [0.25, 0.3) is 5.69 Å². The molecule has 29 heavy (non-hydrogen) atoms. The minimum atomic E-state index is -0.689. The molecular formula is C17H12N6O4S2. The van der Waals surface area contributed by atoms with E-state index < -0.39 is 10.9 Å². The lowest BCUT2D eigenvalue weighted by atomic mass is 10.2. The quantitative estimate of drug-likeness (QED) is 0.258. The Labute approximate surface area is 171 Å². The lowest BCUT2D eigenvalue weighted by Gasteiger charge is -2.08. The molecule has 2 aromatic carbocycles. The van der Waals surface area contributed by atoms with Gasteiger partial charge in [0.1, 0.15) is 11.6 Å². The number of tetrazole rings is 1. The molecule has 4 aromatic rings. The van der Waals surface area contributed by atoms with Gasteiger partial charge < -0.3 is 4.74 Å². The number of hydrogen-bond donors (Lipinski definition) is 0. The van der Waals surface area contributed by atoms with Crippen molar-refractivity contribution in [2.24, 2.45) is 7.05 Å². The summed E-state index contributed by atoms with van der Waals surface area (Å²) in [5.74, 6) is -0.689. The number of rotatable bonds is 6. The number of carbonyl (C=O) groups excluding carboxylic acids is 1. The molecule has 0 spiro atoms. The Morgan fingerprint density at radius 1 is 1.31 bits per heavy atom. The number of ether oxygens (including phenoxy) is 1. The van der Waals surface area contributed by atoms with Crippen LogP contribution in [0, 0.1) is 10.1 Å². The van der Waals surface area contributed by atoms with Gasteiger partial charge in [-0.1, -0.05) is 12.1 Å². The number of para-hydroxylation sites is 1. The van der Waals surface area contributed by atoms with Crippen LogP contribution in [0.1, 0.15) is 15.4 Å². The largest absolute Gasteiger partial charge is 0.455 e. The minimum absolute atomic E-state index is 0.0313. The molecule has 0 saturated heterocycles. The van der Waals surface area contributed by atoms with Crippen molar-refractivity contribution in [2.45, 2.75) is 16.7 Å². The molecule has 0 N–H and O–H groups in total. The van der Waals surface area contributed by atoms with Crippen LogP contribution in [0.25, 0.3) is 10.2 Å². The summed E-state index contributed by atoms with van der Waals surface area (Å²) in [5, 5.41) is 23.3. The molecule has 4 rings (SSSR count). The van der Waals surface area contributed by atoms with Crippen LogP contribution < -0.4 is 0 Å². The Balaban J connectivity index is 1.58. The lowest BCUT2D eigenvalue weighted by Crippen LogP contribution is -2.08. The van der Waals surface area contributed by atoms with Gasteiger partial charge in [-0.05, 0) is 40.4 Å². The maximum Gasteiger partial charge on any atom is 0.339 e. The summed E-state index contributed by atoms with van der Waals surface area (Å²) in [6.45, 7) is -0.0313. The van der Waals surface area contributed by atoms with E-state index in [9.17, 15) is 14.9 Å². The van der Waals surface area contributed by atoms with Crippen molar-refractivity contribution in [3.8, 4) is 0 Å². The molecule has 0 aliphatic carbocycles. The molecule has 0 aliphatic heterocycles. The number of non-ortho nitro benzene ring substituents is 1. The van der Waals surface area contributed by atoms with Gasteiger partial charge in [0.05, 0.1) is 20.7 Å². The first-order valence-corrected chi connectivity index (χ1v) is 9.85. The van der Waals surface area contributed by atoms with E-state index in [0.717, 1.165) is 22.0 Å². The molecule has 0 bridgehead atoms. The first-order chi connectivity index (χ1) is 14.0. The van der Waals surface area contributed by atoms with Crippen molar-refractivity contribution >= 4 is 45.0 Å². The highest BCUT2D eigenvalue weighted by molar-refractivity contribution is 7.99. The van der Waals surface area contributed by atoms with Gasteiger partial charge in [-0.25, -0.2) is 14.5 Å². The molecule has 0 fully saturated rings. The van der Waals surface area contributed by atoms with Gasteiger partial charge in [-0.3, -0.25) is 10.1 Å². The zero-order valence-corrected chi connectivity index (χ0v) is 16.5. The third-order valence-electron chi connectivity index (χ3n) is 3.84. The number of carbonyl (C=O) groups is 1. The Kier molecular flexibility index (Phi) is 5.18. The van der Waals surface area contributed by atoms with Crippen LogP contribution >= 0.6 is 23.1 Å². The zero-order chi connectivity index (χ0) is 20.4. The number of benzene rings is 2. The van der Waals surface area contributed by atoms with Crippen LogP contribution in [-0.2, 0) is 18.4 Å². The maximum atomic E-state index is 12.7. The average Bonchev–Trinajstić information content (AvgIpc) is 3.32.